The van der Waals surface area contributed by atoms with Crippen LogP contribution in [0.25, 0.3) is 0 Å². The molecule has 25 heavy (non-hydrogen) atoms. The summed E-state index contributed by atoms with van der Waals surface area (Å²) >= 11 is 0. The Morgan fingerprint density at radius 2 is 2.00 bits per heavy atom. The number of rotatable bonds is 3. The molecule has 0 spiro atoms. The lowest BCUT2D eigenvalue weighted by Crippen LogP contribution is -2.40. The Balaban J connectivity index is 1.73. The standard InChI is InChI=1S/C17H24N2O5S/c20-12-14-11-19(4-7-24-13-14)17(21)15-2-1-3-16(10-15)18-5-8-25(22,23)9-6-18/h1-3,10,14,20H,4-9,11-13H2/t14-/m1/s1. The van der Waals surface area contributed by atoms with Crippen LogP contribution in [0.4, 0.5) is 5.69 Å². The molecule has 3 rings (SSSR count). The van der Waals surface area contributed by atoms with E-state index in [9.17, 15) is 18.3 Å². The average molecular weight is 368 g/mol. The molecule has 0 bridgehead atoms. The number of carbonyl (C=O) groups excluding carboxylic acids is 1. The molecule has 0 saturated carbocycles. The van der Waals surface area contributed by atoms with Gasteiger partial charge in [0.1, 0.15) is 0 Å². The smallest absolute Gasteiger partial charge is 0.254 e. The SMILES string of the molecule is O=C(c1cccc(N2CCS(=O)(=O)CC2)c1)N1CCOC[C@@H](CO)C1. The molecule has 1 N–H and O–H groups in total. The number of anilines is 1. The summed E-state index contributed by atoms with van der Waals surface area (Å²) in [5.74, 6) is 0.136. The first kappa shape index (κ1) is 18.2. The normalized spacial score (nSPS) is 24.0. The van der Waals surface area contributed by atoms with Gasteiger partial charge in [-0.05, 0) is 18.2 Å². The highest BCUT2D eigenvalue weighted by molar-refractivity contribution is 7.91. The fourth-order valence-corrected chi connectivity index (χ4v) is 4.37. The summed E-state index contributed by atoms with van der Waals surface area (Å²) in [5, 5.41) is 9.37. The number of hydrogen-bond acceptors (Lipinski definition) is 6. The Morgan fingerprint density at radius 3 is 2.72 bits per heavy atom. The molecule has 2 aliphatic rings. The molecule has 1 amide bonds. The highest BCUT2D eigenvalue weighted by atomic mass is 32.2. The van der Waals surface area contributed by atoms with Gasteiger partial charge in [-0.3, -0.25) is 4.79 Å². The van der Waals surface area contributed by atoms with Crippen LogP contribution in [0.2, 0.25) is 0 Å². The van der Waals surface area contributed by atoms with Gasteiger partial charge in [0.05, 0.1) is 24.7 Å². The molecule has 0 aromatic heterocycles. The molecule has 0 aliphatic carbocycles. The van der Waals surface area contributed by atoms with Gasteiger partial charge >= 0.3 is 0 Å². The van der Waals surface area contributed by atoms with Crippen LogP contribution in [0.1, 0.15) is 10.4 Å². The molecule has 8 heteroatoms. The molecule has 0 radical (unpaired) electrons. The van der Waals surface area contributed by atoms with Crippen molar-refractivity contribution in [3.63, 3.8) is 0 Å². The van der Waals surface area contributed by atoms with Crippen molar-refractivity contribution in [2.45, 2.75) is 0 Å². The van der Waals surface area contributed by atoms with E-state index in [4.69, 9.17) is 4.74 Å². The number of sulfone groups is 1. The lowest BCUT2D eigenvalue weighted by Gasteiger charge is -2.29. The number of hydrogen-bond donors (Lipinski definition) is 1. The molecule has 1 aromatic carbocycles. The summed E-state index contributed by atoms with van der Waals surface area (Å²) in [7, 11) is -2.93. The molecular weight excluding hydrogens is 344 g/mol. The van der Waals surface area contributed by atoms with Crippen molar-refractivity contribution >= 4 is 21.4 Å². The number of benzene rings is 1. The van der Waals surface area contributed by atoms with Crippen LogP contribution < -0.4 is 4.90 Å². The fourth-order valence-electron chi connectivity index (χ4n) is 3.16. The summed E-state index contributed by atoms with van der Waals surface area (Å²) < 4.78 is 28.6. The molecule has 2 aliphatic heterocycles. The van der Waals surface area contributed by atoms with E-state index in [1.165, 1.54) is 0 Å². The van der Waals surface area contributed by atoms with Gasteiger partial charge in [0.2, 0.25) is 0 Å². The number of aliphatic hydroxyl groups is 1. The summed E-state index contributed by atoms with van der Waals surface area (Å²) in [6.45, 7) is 2.79. The number of aliphatic hydroxyl groups excluding tert-OH is 1. The molecule has 1 aromatic rings. The van der Waals surface area contributed by atoms with Crippen molar-refractivity contribution in [3.8, 4) is 0 Å². The second kappa shape index (κ2) is 7.72. The summed E-state index contributed by atoms with van der Waals surface area (Å²) in [5.41, 5.74) is 1.44. The second-order valence-electron chi connectivity index (χ2n) is 6.56. The minimum atomic E-state index is -2.93. The lowest BCUT2D eigenvalue weighted by molar-refractivity contribution is 0.0728. The Kier molecular flexibility index (Phi) is 5.61. The predicted molar refractivity (Wildman–Crippen MR) is 94.6 cm³/mol. The molecular formula is C17H24N2O5S. The maximum Gasteiger partial charge on any atom is 0.254 e. The maximum absolute atomic E-state index is 12.8. The Morgan fingerprint density at radius 1 is 1.24 bits per heavy atom. The van der Waals surface area contributed by atoms with Crippen molar-refractivity contribution < 1.29 is 23.1 Å². The second-order valence-corrected chi connectivity index (χ2v) is 8.87. The first-order valence-corrected chi connectivity index (χ1v) is 10.3. The molecule has 7 nitrogen and oxygen atoms in total. The van der Waals surface area contributed by atoms with E-state index < -0.39 is 9.84 Å². The zero-order valence-electron chi connectivity index (χ0n) is 14.1. The highest BCUT2D eigenvalue weighted by Gasteiger charge is 2.25. The third-order valence-corrected chi connectivity index (χ3v) is 6.29. The van der Waals surface area contributed by atoms with Crippen molar-refractivity contribution in [2.75, 3.05) is 62.4 Å². The van der Waals surface area contributed by atoms with Crippen LogP contribution in [0.3, 0.4) is 0 Å². The number of amides is 1. The molecule has 2 fully saturated rings. The van der Waals surface area contributed by atoms with E-state index in [2.05, 4.69) is 0 Å². The van der Waals surface area contributed by atoms with Crippen molar-refractivity contribution in [2.24, 2.45) is 5.92 Å². The average Bonchev–Trinajstić information content (AvgIpc) is 2.87. The minimum Gasteiger partial charge on any atom is -0.396 e. The van der Waals surface area contributed by atoms with Gasteiger partial charge in [-0.1, -0.05) is 6.07 Å². The van der Waals surface area contributed by atoms with Crippen LogP contribution in [0, 0.1) is 5.92 Å². The number of ether oxygens (including phenoxy) is 1. The van der Waals surface area contributed by atoms with Gasteiger partial charge in [-0.2, -0.15) is 0 Å². The number of nitrogens with zero attached hydrogens (tertiary/aromatic N) is 2. The van der Waals surface area contributed by atoms with Gasteiger partial charge < -0.3 is 19.6 Å². The Bertz CT molecular complexity index is 708. The van der Waals surface area contributed by atoms with Gasteiger partial charge in [-0.15, -0.1) is 0 Å². The molecule has 1 atom stereocenters. The Hall–Kier alpha value is -1.64. The van der Waals surface area contributed by atoms with Crippen molar-refractivity contribution in [1.82, 2.24) is 4.90 Å². The number of carbonyl (C=O) groups is 1. The monoisotopic (exact) mass is 368 g/mol. The summed E-state index contributed by atoms with van der Waals surface area (Å²) in [6.07, 6.45) is 0. The molecule has 138 valence electrons. The highest BCUT2D eigenvalue weighted by Crippen LogP contribution is 2.20. The quantitative estimate of drug-likeness (QED) is 0.808. The Labute approximate surface area is 148 Å². The lowest BCUT2D eigenvalue weighted by atomic mass is 10.1. The predicted octanol–water partition coefficient (Wildman–Crippen LogP) is 0.00230. The van der Waals surface area contributed by atoms with Gasteiger partial charge in [0.15, 0.2) is 9.84 Å². The van der Waals surface area contributed by atoms with Crippen molar-refractivity contribution in [1.29, 1.82) is 0 Å². The zero-order valence-corrected chi connectivity index (χ0v) is 15.0. The summed E-state index contributed by atoms with van der Waals surface area (Å²) in [4.78, 5) is 16.5. The van der Waals surface area contributed by atoms with Gasteiger partial charge in [0.25, 0.3) is 5.91 Å². The van der Waals surface area contributed by atoms with Gasteiger partial charge in [0, 0.05) is 50.0 Å². The third kappa shape index (κ3) is 4.50. The molecule has 2 heterocycles. The maximum atomic E-state index is 12.8. The summed E-state index contributed by atoms with van der Waals surface area (Å²) in [6, 6.07) is 7.31. The van der Waals surface area contributed by atoms with Gasteiger partial charge in [-0.25, -0.2) is 8.42 Å². The minimum absolute atomic E-state index is 0.00787. The van der Waals surface area contributed by atoms with Crippen LogP contribution in [0.5, 0.6) is 0 Å². The van der Waals surface area contributed by atoms with Crippen molar-refractivity contribution in [3.05, 3.63) is 29.8 Å². The topological polar surface area (TPSA) is 87.2 Å². The van der Waals surface area contributed by atoms with E-state index in [0.717, 1.165) is 5.69 Å². The third-order valence-electron chi connectivity index (χ3n) is 4.69. The zero-order chi connectivity index (χ0) is 17.9. The van der Waals surface area contributed by atoms with E-state index in [0.29, 0.717) is 45.0 Å². The first-order valence-electron chi connectivity index (χ1n) is 8.52. The first-order chi connectivity index (χ1) is 12.0. The van der Waals surface area contributed by atoms with Crippen LogP contribution in [-0.2, 0) is 14.6 Å². The van der Waals surface area contributed by atoms with E-state index in [-0.39, 0.29) is 29.9 Å². The van der Waals surface area contributed by atoms with Crippen LogP contribution in [-0.4, -0.2) is 81.8 Å². The van der Waals surface area contributed by atoms with E-state index in [1.807, 2.05) is 23.1 Å². The van der Waals surface area contributed by atoms with E-state index in [1.54, 1.807) is 11.0 Å². The largest absolute Gasteiger partial charge is 0.396 e. The molecule has 2 saturated heterocycles. The van der Waals surface area contributed by atoms with Crippen LogP contribution in [0.15, 0.2) is 24.3 Å². The fraction of sp³-hybridized carbons (Fsp3) is 0.588. The molecule has 0 unspecified atom stereocenters. The van der Waals surface area contributed by atoms with Crippen LogP contribution >= 0.6 is 0 Å². The van der Waals surface area contributed by atoms with E-state index >= 15 is 0 Å².